The van der Waals surface area contributed by atoms with Gasteiger partial charge in [0.1, 0.15) is 11.9 Å². The zero-order valence-electron chi connectivity index (χ0n) is 15.1. The average molecular weight is 373 g/mol. The number of aliphatic carboxylic acids is 1. The molecule has 9 nitrogen and oxygen atoms in total. The molecule has 0 saturated carbocycles. The Morgan fingerprint density at radius 1 is 1.37 bits per heavy atom. The number of carboxylic acid groups (broad SMARTS) is 1. The van der Waals surface area contributed by atoms with Gasteiger partial charge in [-0.05, 0) is 31.5 Å². The van der Waals surface area contributed by atoms with Gasteiger partial charge in [-0.15, -0.1) is 0 Å². The van der Waals surface area contributed by atoms with Crippen LogP contribution in [-0.2, 0) is 10.3 Å². The second-order valence-corrected chi connectivity index (χ2v) is 6.17. The highest BCUT2D eigenvalue weighted by atomic mass is 16.6. The molecule has 1 aromatic heterocycles. The maximum absolute atomic E-state index is 12.8. The Morgan fingerprint density at radius 3 is 2.67 bits per heavy atom. The third-order valence-electron chi connectivity index (χ3n) is 4.13. The monoisotopic (exact) mass is 373 g/mol. The molecule has 1 aromatic carbocycles. The highest BCUT2D eigenvalue weighted by Gasteiger charge is 2.33. The van der Waals surface area contributed by atoms with Crippen LogP contribution in [0.15, 0.2) is 36.5 Å². The van der Waals surface area contributed by atoms with Gasteiger partial charge in [0, 0.05) is 6.07 Å². The van der Waals surface area contributed by atoms with E-state index in [-0.39, 0.29) is 11.3 Å². The van der Waals surface area contributed by atoms with E-state index in [4.69, 9.17) is 4.74 Å². The van der Waals surface area contributed by atoms with E-state index in [2.05, 4.69) is 10.3 Å². The van der Waals surface area contributed by atoms with Gasteiger partial charge < -0.3 is 15.2 Å². The van der Waals surface area contributed by atoms with E-state index in [9.17, 15) is 24.8 Å². The van der Waals surface area contributed by atoms with Crippen molar-refractivity contribution in [3.8, 4) is 5.75 Å². The highest BCUT2D eigenvalue weighted by Crippen LogP contribution is 2.29. The molecule has 27 heavy (non-hydrogen) atoms. The number of methoxy groups -OCH3 is 1. The first-order valence-electron chi connectivity index (χ1n) is 7.96. The van der Waals surface area contributed by atoms with E-state index in [1.807, 2.05) is 0 Å². The Morgan fingerprint density at radius 2 is 2.07 bits per heavy atom. The maximum Gasteiger partial charge on any atom is 0.306 e. The van der Waals surface area contributed by atoms with Crippen LogP contribution in [-0.4, -0.2) is 34.0 Å². The summed E-state index contributed by atoms with van der Waals surface area (Å²) in [5.74, 6) is -1.27. The number of ether oxygens (including phenoxy) is 1. The predicted octanol–water partition coefficient (Wildman–Crippen LogP) is 2.43. The molecule has 0 spiro atoms. The summed E-state index contributed by atoms with van der Waals surface area (Å²) in [6, 6.07) is 7.79. The number of nitro groups is 1. The summed E-state index contributed by atoms with van der Waals surface area (Å²) in [5, 5.41) is 22.9. The fourth-order valence-electron chi connectivity index (χ4n) is 2.66. The number of hydrogen-bond acceptors (Lipinski definition) is 6. The lowest BCUT2D eigenvalue weighted by atomic mass is 9.88. The number of carbonyl (C=O) groups excluding carboxylic acids is 1. The average Bonchev–Trinajstić information content (AvgIpc) is 2.61. The van der Waals surface area contributed by atoms with Gasteiger partial charge in [-0.1, -0.05) is 12.1 Å². The fraction of sp³-hybridized carbons (Fsp3) is 0.278. The molecule has 0 aliphatic carbocycles. The van der Waals surface area contributed by atoms with E-state index in [0.717, 1.165) is 12.3 Å². The van der Waals surface area contributed by atoms with Crippen LogP contribution in [0.5, 0.6) is 5.75 Å². The summed E-state index contributed by atoms with van der Waals surface area (Å²) >= 11 is 0. The van der Waals surface area contributed by atoms with Crippen molar-refractivity contribution in [3.05, 3.63) is 63.5 Å². The number of amides is 1. The van der Waals surface area contributed by atoms with Crippen LogP contribution in [0.3, 0.4) is 0 Å². The smallest absolute Gasteiger partial charge is 0.306 e. The molecule has 0 fully saturated rings. The summed E-state index contributed by atoms with van der Waals surface area (Å²) in [6.07, 6.45) is 0.665. The van der Waals surface area contributed by atoms with Crippen molar-refractivity contribution in [2.24, 2.45) is 0 Å². The molecule has 0 aliphatic rings. The quantitative estimate of drug-likeness (QED) is 0.562. The number of aromatic nitrogens is 1. The standard InChI is InChI=1S/C18H19N3O6/c1-11-15(8-13(10-19-11)21(25)26)17(24)20-18(2,9-16(22)23)12-5-4-6-14(7-12)27-3/h4-8,10H,9H2,1-3H3,(H,20,24)(H,22,23). The molecule has 2 N–H and O–H groups in total. The highest BCUT2D eigenvalue weighted by molar-refractivity contribution is 5.96. The number of carbonyl (C=O) groups is 2. The van der Waals surface area contributed by atoms with Crippen LogP contribution in [0.1, 0.15) is 35.0 Å². The van der Waals surface area contributed by atoms with Gasteiger partial charge in [-0.25, -0.2) is 0 Å². The lowest BCUT2D eigenvalue weighted by Gasteiger charge is -2.30. The van der Waals surface area contributed by atoms with Crippen LogP contribution in [0.2, 0.25) is 0 Å². The minimum atomic E-state index is -1.27. The van der Waals surface area contributed by atoms with Gasteiger partial charge in [0.15, 0.2) is 0 Å². The first-order valence-corrected chi connectivity index (χ1v) is 7.96. The molecular formula is C18H19N3O6. The van der Waals surface area contributed by atoms with Crippen LogP contribution >= 0.6 is 0 Å². The Balaban J connectivity index is 2.44. The van der Waals surface area contributed by atoms with Crippen molar-refractivity contribution in [2.45, 2.75) is 25.8 Å². The molecule has 1 unspecified atom stereocenters. The first-order chi connectivity index (χ1) is 12.7. The number of benzene rings is 1. The SMILES string of the molecule is COc1cccc(C(C)(CC(=O)O)NC(=O)c2cc([N+](=O)[O-])cnc2C)c1. The van der Waals surface area contributed by atoms with Crippen LogP contribution in [0.4, 0.5) is 5.69 Å². The van der Waals surface area contributed by atoms with Crippen LogP contribution in [0.25, 0.3) is 0 Å². The molecule has 142 valence electrons. The van der Waals surface area contributed by atoms with Crippen LogP contribution < -0.4 is 10.1 Å². The molecule has 2 rings (SSSR count). The minimum absolute atomic E-state index is 0.00344. The Bertz CT molecular complexity index is 898. The summed E-state index contributed by atoms with van der Waals surface area (Å²) in [5.41, 5.74) is -0.778. The molecule has 9 heteroatoms. The second kappa shape index (κ2) is 7.81. The van der Waals surface area contributed by atoms with Crippen molar-refractivity contribution in [2.75, 3.05) is 7.11 Å². The topological polar surface area (TPSA) is 132 Å². The maximum atomic E-state index is 12.8. The predicted molar refractivity (Wildman–Crippen MR) is 95.7 cm³/mol. The molecular weight excluding hydrogens is 354 g/mol. The second-order valence-electron chi connectivity index (χ2n) is 6.17. The number of hydrogen-bond donors (Lipinski definition) is 2. The van der Waals surface area contributed by atoms with Crippen molar-refractivity contribution in [1.82, 2.24) is 10.3 Å². The largest absolute Gasteiger partial charge is 0.497 e. The fourth-order valence-corrected chi connectivity index (χ4v) is 2.66. The van der Waals surface area contributed by atoms with Crippen molar-refractivity contribution in [3.63, 3.8) is 0 Å². The first kappa shape index (κ1) is 19.8. The van der Waals surface area contributed by atoms with Gasteiger partial charge in [-0.2, -0.15) is 0 Å². The van der Waals surface area contributed by atoms with E-state index < -0.39 is 28.8 Å². The number of pyridine rings is 1. The molecule has 0 bridgehead atoms. The summed E-state index contributed by atoms with van der Waals surface area (Å²) in [4.78, 5) is 38.3. The lowest BCUT2D eigenvalue weighted by Crippen LogP contribution is -2.45. The van der Waals surface area contributed by atoms with Gasteiger partial charge in [-0.3, -0.25) is 24.7 Å². The van der Waals surface area contributed by atoms with Gasteiger partial charge in [0.05, 0.1) is 35.3 Å². The van der Waals surface area contributed by atoms with Crippen LogP contribution in [0, 0.1) is 17.0 Å². The van der Waals surface area contributed by atoms with E-state index in [1.165, 1.54) is 7.11 Å². The third-order valence-corrected chi connectivity index (χ3v) is 4.13. The third kappa shape index (κ3) is 4.57. The number of nitrogens with one attached hydrogen (secondary N) is 1. The van der Waals surface area contributed by atoms with E-state index in [1.54, 1.807) is 38.1 Å². The number of carboxylic acids is 1. The molecule has 1 heterocycles. The molecule has 1 amide bonds. The molecule has 2 aromatic rings. The number of aryl methyl sites for hydroxylation is 1. The number of nitrogens with zero attached hydrogens (tertiary/aromatic N) is 2. The summed E-state index contributed by atoms with van der Waals surface area (Å²) < 4.78 is 5.16. The number of rotatable bonds is 7. The molecule has 1 atom stereocenters. The zero-order valence-corrected chi connectivity index (χ0v) is 15.1. The van der Waals surface area contributed by atoms with E-state index in [0.29, 0.717) is 17.0 Å². The van der Waals surface area contributed by atoms with Gasteiger partial charge >= 0.3 is 5.97 Å². The Hall–Kier alpha value is -3.49. The molecule has 0 aliphatic heterocycles. The lowest BCUT2D eigenvalue weighted by molar-refractivity contribution is -0.385. The minimum Gasteiger partial charge on any atom is -0.497 e. The summed E-state index contributed by atoms with van der Waals surface area (Å²) in [7, 11) is 1.48. The van der Waals surface area contributed by atoms with Crippen molar-refractivity contribution >= 4 is 17.6 Å². The van der Waals surface area contributed by atoms with Gasteiger partial charge in [0.2, 0.25) is 0 Å². The zero-order chi connectivity index (χ0) is 20.2. The van der Waals surface area contributed by atoms with Gasteiger partial charge in [0.25, 0.3) is 11.6 Å². The summed E-state index contributed by atoms with van der Waals surface area (Å²) in [6.45, 7) is 3.10. The Labute approximate surface area is 155 Å². The molecule has 0 saturated heterocycles. The van der Waals surface area contributed by atoms with Crippen molar-refractivity contribution < 1.29 is 24.4 Å². The Kier molecular flexibility index (Phi) is 5.74. The molecule has 0 radical (unpaired) electrons. The van der Waals surface area contributed by atoms with Crippen molar-refractivity contribution in [1.29, 1.82) is 0 Å². The normalized spacial score (nSPS) is 12.7. The van der Waals surface area contributed by atoms with E-state index >= 15 is 0 Å².